The highest BCUT2D eigenvalue weighted by atomic mass is 15.1. The van der Waals surface area contributed by atoms with E-state index in [2.05, 4.69) is 23.7 Å². The van der Waals surface area contributed by atoms with E-state index in [1.165, 1.54) is 12.8 Å². The molecule has 0 spiro atoms. The second-order valence-electron chi connectivity index (χ2n) is 5.00. The smallest absolute Gasteiger partial charge is 0.0738 e. The molecule has 3 heteroatoms. The van der Waals surface area contributed by atoms with Crippen LogP contribution in [0.4, 0.5) is 11.4 Å². The molecule has 1 aromatic rings. The number of anilines is 2. The fourth-order valence-electron chi connectivity index (χ4n) is 2.49. The van der Waals surface area contributed by atoms with Crippen molar-refractivity contribution in [1.29, 1.82) is 0 Å². The zero-order valence-corrected chi connectivity index (χ0v) is 10.2. The molecule has 0 aromatic carbocycles. The van der Waals surface area contributed by atoms with E-state index in [1.54, 1.807) is 6.20 Å². The van der Waals surface area contributed by atoms with Crippen LogP contribution >= 0.6 is 0 Å². The minimum Gasteiger partial charge on any atom is -0.396 e. The van der Waals surface area contributed by atoms with E-state index < -0.39 is 0 Å². The van der Waals surface area contributed by atoms with E-state index in [0.29, 0.717) is 0 Å². The first kappa shape index (κ1) is 11.2. The Balaban J connectivity index is 2.02. The molecule has 0 amide bonds. The van der Waals surface area contributed by atoms with Gasteiger partial charge in [0.05, 0.1) is 17.6 Å². The number of piperidine rings is 1. The maximum atomic E-state index is 5.94. The molecule has 0 atom stereocenters. The van der Waals surface area contributed by atoms with Gasteiger partial charge in [-0.15, -0.1) is 0 Å². The molecule has 0 radical (unpaired) electrons. The maximum absolute atomic E-state index is 5.94. The molecule has 3 nitrogen and oxygen atoms in total. The number of rotatable bonds is 2. The number of hydrogen-bond acceptors (Lipinski definition) is 3. The highest BCUT2D eigenvalue weighted by molar-refractivity contribution is 5.66. The second-order valence-corrected chi connectivity index (χ2v) is 5.00. The quantitative estimate of drug-likeness (QED) is 0.831. The van der Waals surface area contributed by atoms with Gasteiger partial charge >= 0.3 is 0 Å². The molecule has 2 rings (SSSR count). The van der Waals surface area contributed by atoms with Crippen molar-refractivity contribution in [3.63, 3.8) is 0 Å². The average molecular weight is 219 g/mol. The zero-order valence-electron chi connectivity index (χ0n) is 10.2. The lowest BCUT2D eigenvalue weighted by molar-refractivity contribution is 0.311. The predicted molar refractivity (Wildman–Crippen MR) is 68.4 cm³/mol. The standard InChI is InChI=1S/C13H21N3/c1-10(2)11-4-7-16(8-5-11)13-3-6-15-9-12(13)14/h3,6,9-11H,4-5,7-8,14H2,1-2H3. The first-order valence-electron chi connectivity index (χ1n) is 6.13. The highest BCUT2D eigenvalue weighted by Crippen LogP contribution is 2.29. The summed E-state index contributed by atoms with van der Waals surface area (Å²) >= 11 is 0. The minimum atomic E-state index is 0.797. The summed E-state index contributed by atoms with van der Waals surface area (Å²) in [7, 11) is 0. The second kappa shape index (κ2) is 4.73. The molecule has 2 N–H and O–H groups in total. The molecule has 1 fully saturated rings. The lowest BCUT2D eigenvalue weighted by atomic mass is 9.86. The number of nitrogens with zero attached hydrogens (tertiary/aromatic N) is 2. The van der Waals surface area contributed by atoms with Crippen molar-refractivity contribution in [2.75, 3.05) is 23.7 Å². The number of nitrogens with two attached hydrogens (primary N) is 1. The van der Waals surface area contributed by atoms with Gasteiger partial charge in [-0.3, -0.25) is 4.98 Å². The molecule has 0 aliphatic carbocycles. The zero-order chi connectivity index (χ0) is 11.5. The Hall–Kier alpha value is -1.25. The monoisotopic (exact) mass is 219 g/mol. The molecule has 16 heavy (non-hydrogen) atoms. The Bertz CT molecular complexity index is 341. The van der Waals surface area contributed by atoms with Crippen LogP contribution in [0.25, 0.3) is 0 Å². The van der Waals surface area contributed by atoms with E-state index in [1.807, 2.05) is 12.3 Å². The SMILES string of the molecule is CC(C)C1CCN(c2ccncc2N)CC1. The van der Waals surface area contributed by atoms with Gasteiger partial charge in [0.25, 0.3) is 0 Å². The van der Waals surface area contributed by atoms with Crippen molar-refractivity contribution in [3.05, 3.63) is 18.5 Å². The van der Waals surface area contributed by atoms with Gasteiger partial charge in [-0.1, -0.05) is 13.8 Å². The Morgan fingerprint density at radius 3 is 2.62 bits per heavy atom. The molecule has 2 heterocycles. The lowest BCUT2D eigenvalue weighted by Crippen LogP contribution is -2.35. The van der Waals surface area contributed by atoms with Gasteiger partial charge in [0.2, 0.25) is 0 Å². The summed E-state index contributed by atoms with van der Waals surface area (Å²) in [5, 5.41) is 0. The fourth-order valence-corrected chi connectivity index (χ4v) is 2.49. The lowest BCUT2D eigenvalue weighted by Gasteiger charge is -2.35. The van der Waals surface area contributed by atoms with E-state index in [9.17, 15) is 0 Å². The molecular formula is C13H21N3. The number of nitrogen functional groups attached to an aromatic ring is 1. The van der Waals surface area contributed by atoms with E-state index in [4.69, 9.17) is 5.73 Å². The molecule has 1 aliphatic rings. The predicted octanol–water partition coefficient (Wildman–Crippen LogP) is 2.54. The molecule has 88 valence electrons. The summed E-state index contributed by atoms with van der Waals surface area (Å²) in [5.74, 6) is 1.68. The topological polar surface area (TPSA) is 42.2 Å². The van der Waals surface area contributed by atoms with Crippen LogP contribution in [0.2, 0.25) is 0 Å². The molecule has 0 bridgehead atoms. The number of aromatic nitrogens is 1. The summed E-state index contributed by atoms with van der Waals surface area (Å²) in [6.07, 6.45) is 6.11. The van der Waals surface area contributed by atoms with Crippen molar-refractivity contribution in [2.45, 2.75) is 26.7 Å². The maximum Gasteiger partial charge on any atom is 0.0738 e. The van der Waals surface area contributed by atoms with Gasteiger partial charge in [0, 0.05) is 19.3 Å². The van der Waals surface area contributed by atoms with Crippen LogP contribution in [0.3, 0.4) is 0 Å². The third-order valence-electron chi connectivity index (χ3n) is 3.65. The van der Waals surface area contributed by atoms with Crippen LogP contribution in [0.15, 0.2) is 18.5 Å². The molecule has 0 unspecified atom stereocenters. The molecule has 1 aromatic heterocycles. The largest absolute Gasteiger partial charge is 0.396 e. The first-order valence-corrected chi connectivity index (χ1v) is 6.13. The number of hydrogen-bond donors (Lipinski definition) is 1. The fraction of sp³-hybridized carbons (Fsp3) is 0.615. The van der Waals surface area contributed by atoms with Crippen LogP contribution in [0, 0.1) is 11.8 Å². The van der Waals surface area contributed by atoms with Crippen molar-refractivity contribution >= 4 is 11.4 Å². The third-order valence-corrected chi connectivity index (χ3v) is 3.65. The minimum absolute atomic E-state index is 0.797. The molecule has 1 aliphatic heterocycles. The van der Waals surface area contributed by atoms with Gasteiger partial charge in [-0.25, -0.2) is 0 Å². The summed E-state index contributed by atoms with van der Waals surface area (Å²) < 4.78 is 0. The van der Waals surface area contributed by atoms with E-state index >= 15 is 0 Å². The van der Waals surface area contributed by atoms with E-state index in [0.717, 1.165) is 36.3 Å². The number of pyridine rings is 1. The van der Waals surface area contributed by atoms with Crippen molar-refractivity contribution in [3.8, 4) is 0 Å². The molecular weight excluding hydrogens is 198 g/mol. The summed E-state index contributed by atoms with van der Waals surface area (Å²) in [4.78, 5) is 6.42. The third kappa shape index (κ3) is 2.29. The Labute approximate surface area is 97.7 Å². The van der Waals surface area contributed by atoms with Gasteiger partial charge in [-0.05, 0) is 30.7 Å². The van der Waals surface area contributed by atoms with Crippen LogP contribution in [-0.4, -0.2) is 18.1 Å². The molecule has 1 saturated heterocycles. The van der Waals surface area contributed by atoms with Crippen LogP contribution in [0.1, 0.15) is 26.7 Å². The molecule has 0 saturated carbocycles. The van der Waals surface area contributed by atoms with Crippen molar-refractivity contribution < 1.29 is 0 Å². The van der Waals surface area contributed by atoms with Gasteiger partial charge < -0.3 is 10.6 Å². The normalized spacial score (nSPS) is 18.1. The summed E-state index contributed by atoms with van der Waals surface area (Å²) in [6.45, 7) is 6.89. The first-order chi connectivity index (χ1) is 7.68. The van der Waals surface area contributed by atoms with Gasteiger partial charge in [-0.2, -0.15) is 0 Å². The van der Waals surface area contributed by atoms with Gasteiger partial charge in [0.1, 0.15) is 0 Å². The van der Waals surface area contributed by atoms with Crippen molar-refractivity contribution in [2.24, 2.45) is 11.8 Å². The van der Waals surface area contributed by atoms with Crippen LogP contribution in [0.5, 0.6) is 0 Å². The Morgan fingerprint density at radius 1 is 1.38 bits per heavy atom. The van der Waals surface area contributed by atoms with Crippen LogP contribution < -0.4 is 10.6 Å². The van der Waals surface area contributed by atoms with Gasteiger partial charge in [0.15, 0.2) is 0 Å². The Morgan fingerprint density at radius 2 is 2.06 bits per heavy atom. The van der Waals surface area contributed by atoms with Crippen LogP contribution in [-0.2, 0) is 0 Å². The Kier molecular flexibility index (Phi) is 3.32. The average Bonchev–Trinajstić information content (AvgIpc) is 2.30. The van der Waals surface area contributed by atoms with E-state index in [-0.39, 0.29) is 0 Å². The summed E-state index contributed by atoms with van der Waals surface area (Å²) in [6, 6.07) is 2.02. The summed E-state index contributed by atoms with van der Waals surface area (Å²) in [5.41, 5.74) is 7.89. The highest BCUT2D eigenvalue weighted by Gasteiger charge is 2.22. The van der Waals surface area contributed by atoms with Crippen molar-refractivity contribution in [1.82, 2.24) is 4.98 Å².